The fourth-order valence-corrected chi connectivity index (χ4v) is 4.30. The third kappa shape index (κ3) is 4.80. The number of hydrogen-bond acceptors (Lipinski definition) is 9. The van der Waals surface area contributed by atoms with Gasteiger partial charge in [0.2, 0.25) is 12.7 Å². The van der Waals surface area contributed by atoms with E-state index >= 15 is 0 Å². The number of thioether (sulfide) groups is 1. The molecular formula is C19H20N6O4S2. The van der Waals surface area contributed by atoms with Crippen molar-refractivity contribution >= 4 is 40.0 Å². The van der Waals surface area contributed by atoms with Gasteiger partial charge in [0.25, 0.3) is 5.91 Å². The Kier molecular flexibility index (Phi) is 6.09. The minimum Gasteiger partial charge on any atom is -0.454 e. The van der Waals surface area contributed by atoms with Crippen LogP contribution in [0.2, 0.25) is 0 Å². The maximum absolute atomic E-state index is 12.4. The zero-order chi connectivity index (χ0) is 22.0. The van der Waals surface area contributed by atoms with Crippen molar-refractivity contribution in [2.75, 3.05) is 17.9 Å². The molecule has 162 valence electrons. The van der Waals surface area contributed by atoms with Crippen molar-refractivity contribution in [3.05, 3.63) is 40.2 Å². The topological polar surface area (TPSA) is 120 Å². The summed E-state index contributed by atoms with van der Waals surface area (Å²) < 4.78 is 12.3. The molecule has 0 fully saturated rings. The summed E-state index contributed by atoms with van der Waals surface area (Å²) in [6.45, 7) is 4.22. The number of nitrogens with one attached hydrogen (secondary N) is 2. The number of hydrogen-bond donors (Lipinski definition) is 2. The van der Waals surface area contributed by atoms with Crippen molar-refractivity contribution < 1.29 is 19.1 Å². The highest BCUT2D eigenvalue weighted by Crippen LogP contribution is 2.32. The number of fused-ring (bicyclic) bond motifs is 1. The fraction of sp³-hybridized carbons (Fsp3) is 0.316. The zero-order valence-electron chi connectivity index (χ0n) is 17.1. The lowest BCUT2D eigenvalue weighted by atomic mass is 10.2. The Balaban J connectivity index is 1.29. The first-order valence-electron chi connectivity index (χ1n) is 9.33. The van der Waals surface area contributed by atoms with Crippen LogP contribution >= 0.6 is 23.1 Å². The van der Waals surface area contributed by atoms with Crippen molar-refractivity contribution in [1.29, 1.82) is 0 Å². The van der Waals surface area contributed by atoms with Crippen LogP contribution in [-0.4, -0.2) is 44.1 Å². The van der Waals surface area contributed by atoms with Crippen LogP contribution in [0.1, 0.15) is 26.8 Å². The average molecular weight is 461 g/mol. The van der Waals surface area contributed by atoms with Crippen LogP contribution in [-0.2, 0) is 18.4 Å². The molecule has 0 saturated carbocycles. The maximum Gasteiger partial charge on any atom is 0.251 e. The van der Waals surface area contributed by atoms with E-state index in [1.54, 1.807) is 29.8 Å². The van der Waals surface area contributed by atoms with E-state index in [0.717, 1.165) is 10.6 Å². The molecule has 0 saturated heterocycles. The van der Waals surface area contributed by atoms with Gasteiger partial charge in [-0.1, -0.05) is 11.8 Å². The van der Waals surface area contributed by atoms with E-state index in [2.05, 4.69) is 25.8 Å². The van der Waals surface area contributed by atoms with Crippen LogP contribution in [0.4, 0.5) is 5.13 Å². The van der Waals surface area contributed by atoms with Crippen LogP contribution in [0.25, 0.3) is 0 Å². The molecule has 1 aliphatic rings. The second-order valence-electron chi connectivity index (χ2n) is 6.71. The monoisotopic (exact) mass is 460 g/mol. The summed E-state index contributed by atoms with van der Waals surface area (Å²) in [4.78, 5) is 30.0. The van der Waals surface area contributed by atoms with Crippen LogP contribution in [0.5, 0.6) is 11.5 Å². The lowest BCUT2D eigenvalue weighted by molar-refractivity contribution is -0.113. The number of ether oxygens (including phenoxy) is 2. The molecule has 1 aliphatic heterocycles. The number of aryl methyl sites for hydroxylation is 2. The highest BCUT2D eigenvalue weighted by Gasteiger charge is 2.17. The van der Waals surface area contributed by atoms with Gasteiger partial charge in [0.05, 0.1) is 18.0 Å². The van der Waals surface area contributed by atoms with Gasteiger partial charge in [-0.05, 0) is 32.0 Å². The first kappa shape index (κ1) is 21.1. The molecule has 2 N–H and O–H groups in total. The van der Waals surface area contributed by atoms with Crippen molar-refractivity contribution in [2.45, 2.75) is 25.5 Å². The first-order valence-corrected chi connectivity index (χ1v) is 11.1. The summed E-state index contributed by atoms with van der Waals surface area (Å²) in [6.07, 6.45) is 0. The summed E-state index contributed by atoms with van der Waals surface area (Å²) in [7, 11) is 1.79. The smallest absolute Gasteiger partial charge is 0.251 e. The molecule has 0 atom stereocenters. The van der Waals surface area contributed by atoms with Crippen molar-refractivity contribution in [1.82, 2.24) is 25.1 Å². The Hall–Kier alpha value is -3.12. The highest BCUT2D eigenvalue weighted by atomic mass is 32.2. The summed E-state index contributed by atoms with van der Waals surface area (Å²) in [5.74, 6) is 1.49. The van der Waals surface area contributed by atoms with E-state index in [-0.39, 0.29) is 30.9 Å². The van der Waals surface area contributed by atoms with E-state index in [1.807, 2.05) is 13.8 Å². The van der Waals surface area contributed by atoms with Gasteiger partial charge in [-0.25, -0.2) is 4.98 Å². The van der Waals surface area contributed by atoms with E-state index in [0.29, 0.717) is 33.2 Å². The van der Waals surface area contributed by atoms with Crippen LogP contribution in [0.3, 0.4) is 0 Å². The van der Waals surface area contributed by atoms with Crippen molar-refractivity contribution in [3.8, 4) is 11.5 Å². The third-order valence-electron chi connectivity index (χ3n) is 4.57. The highest BCUT2D eigenvalue weighted by molar-refractivity contribution is 7.99. The van der Waals surface area contributed by atoms with Gasteiger partial charge < -0.3 is 24.7 Å². The molecule has 2 amide bonds. The SMILES string of the molecule is Cc1nc(NC(=O)CSc2nnc(CNC(=O)c3ccc4c(c3)OCO4)n2C)sc1C. The lowest BCUT2D eigenvalue weighted by Crippen LogP contribution is -2.24. The number of benzene rings is 1. The molecule has 0 bridgehead atoms. The minimum atomic E-state index is -0.260. The predicted molar refractivity (Wildman–Crippen MR) is 116 cm³/mol. The number of aromatic nitrogens is 4. The Labute approximate surface area is 186 Å². The van der Waals surface area contributed by atoms with Crippen LogP contribution in [0, 0.1) is 13.8 Å². The second-order valence-corrected chi connectivity index (χ2v) is 8.85. The summed E-state index contributed by atoms with van der Waals surface area (Å²) in [5.41, 5.74) is 1.37. The molecule has 4 rings (SSSR count). The molecule has 0 aliphatic carbocycles. The Morgan fingerprint density at radius 3 is 2.81 bits per heavy atom. The van der Waals surface area contributed by atoms with Gasteiger partial charge in [0.1, 0.15) is 0 Å². The van der Waals surface area contributed by atoms with Gasteiger partial charge in [-0.15, -0.1) is 21.5 Å². The minimum absolute atomic E-state index is 0.154. The molecule has 10 nitrogen and oxygen atoms in total. The molecule has 1 aromatic carbocycles. The Bertz CT molecular complexity index is 1120. The number of thiazole rings is 1. The van der Waals surface area contributed by atoms with E-state index < -0.39 is 0 Å². The fourth-order valence-electron chi connectivity index (χ4n) is 2.74. The van der Waals surface area contributed by atoms with E-state index in [9.17, 15) is 9.59 Å². The molecular weight excluding hydrogens is 440 g/mol. The van der Waals surface area contributed by atoms with Gasteiger partial charge in [0.15, 0.2) is 27.6 Å². The Morgan fingerprint density at radius 1 is 1.23 bits per heavy atom. The molecule has 0 spiro atoms. The quantitative estimate of drug-likeness (QED) is 0.515. The number of anilines is 1. The largest absolute Gasteiger partial charge is 0.454 e. The number of nitrogens with zero attached hydrogens (tertiary/aromatic N) is 4. The summed E-state index contributed by atoms with van der Waals surface area (Å²) in [5, 5.41) is 15.0. The molecule has 31 heavy (non-hydrogen) atoms. The zero-order valence-corrected chi connectivity index (χ0v) is 18.7. The average Bonchev–Trinajstić information content (AvgIpc) is 3.43. The third-order valence-corrected chi connectivity index (χ3v) is 6.58. The van der Waals surface area contributed by atoms with Gasteiger partial charge in [-0.3, -0.25) is 9.59 Å². The Morgan fingerprint density at radius 2 is 2.03 bits per heavy atom. The first-order chi connectivity index (χ1) is 14.9. The van der Waals surface area contributed by atoms with Crippen molar-refractivity contribution in [3.63, 3.8) is 0 Å². The van der Waals surface area contributed by atoms with Crippen LogP contribution in [0.15, 0.2) is 23.4 Å². The predicted octanol–water partition coefficient (Wildman–Crippen LogP) is 2.28. The molecule has 0 radical (unpaired) electrons. The van der Waals surface area contributed by atoms with E-state index in [4.69, 9.17) is 9.47 Å². The molecule has 3 aromatic rings. The summed E-state index contributed by atoms with van der Waals surface area (Å²) >= 11 is 2.71. The van der Waals surface area contributed by atoms with Gasteiger partial charge in [-0.2, -0.15) is 0 Å². The number of carbonyl (C=O) groups excluding carboxylic acids is 2. The standard InChI is InChI=1S/C19H20N6O4S2/c1-10-11(2)31-18(21-10)22-16(26)8-30-19-24-23-15(25(19)3)7-20-17(27)12-4-5-13-14(6-12)29-9-28-13/h4-6H,7-9H2,1-3H3,(H,20,27)(H,21,22,26). The molecule has 2 aromatic heterocycles. The van der Waals surface area contributed by atoms with Gasteiger partial charge >= 0.3 is 0 Å². The number of carbonyl (C=O) groups is 2. The number of amides is 2. The number of rotatable bonds is 7. The molecule has 3 heterocycles. The van der Waals surface area contributed by atoms with Gasteiger partial charge in [0, 0.05) is 17.5 Å². The van der Waals surface area contributed by atoms with Crippen LogP contribution < -0.4 is 20.1 Å². The van der Waals surface area contributed by atoms with Crippen molar-refractivity contribution in [2.24, 2.45) is 7.05 Å². The molecule has 0 unspecified atom stereocenters. The van der Waals surface area contributed by atoms with E-state index in [1.165, 1.54) is 23.1 Å². The summed E-state index contributed by atoms with van der Waals surface area (Å²) in [6, 6.07) is 5.01. The normalized spacial score (nSPS) is 12.1. The lowest BCUT2D eigenvalue weighted by Gasteiger charge is -2.07. The molecule has 12 heteroatoms. The maximum atomic E-state index is 12.4. The second kappa shape index (κ2) is 8.94.